The molecule has 0 bridgehead atoms. The number of benzene rings is 1. The first-order chi connectivity index (χ1) is 6.90. The third-order valence-electron chi connectivity index (χ3n) is 1.94. The Labute approximate surface area is 82.7 Å². The maximum atomic E-state index is 5.10. The molecule has 72 valence electrons. The highest BCUT2D eigenvalue weighted by Crippen LogP contribution is 2.16. The molecule has 1 aromatic carbocycles. The van der Waals surface area contributed by atoms with Crippen molar-refractivity contribution in [3.63, 3.8) is 0 Å². The highest BCUT2D eigenvalue weighted by atomic mass is 16.6. The van der Waals surface area contributed by atoms with E-state index >= 15 is 0 Å². The maximum Gasteiger partial charge on any atom is 0.0717 e. The van der Waals surface area contributed by atoms with Gasteiger partial charge >= 0.3 is 0 Å². The molecule has 1 heterocycles. The summed E-state index contributed by atoms with van der Waals surface area (Å²) in [7, 11) is 0. The molecule has 0 atom stereocenters. The van der Waals surface area contributed by atoms with Crippen molar-refractivity contribution in [1.29, 1.82) is 0 Å². The fourth-order valence-corrected chi connectivity index (χ4v) is 1.29. The predicted molar refractivity (Wildman–Crippen MR) is 57.0 cm³/mol. The Morgan fingerprint density at radius 1 is 1.36 bits per heavy atom. The van der Waals surface area contributed by atoms with Crippen molar-refractivity contribution in [3.8, 4) is 0 Å². The minimum absolute atomic E-state index is 0.644. The van der Waals surface area contributed by atoms with Crippen molar-refractivity contribution in [2.45, 2.75) is 6.92 Å². The molecule has 0 aliphatic carbocycles. The van der Waals surface area contributed by atoms with E-state index in [-0.39, 0.29) is 0 Å². The zero-order valence-corrected chi connectivity index (χ0v) is 8.03. The lowest BCUT2D eigenvalue weighted by atomic mass is 10.2. The van der Waals surface area contributed by atoms with Gasteiger partial charge in [0, 0.05) is 11.6 Å². The maximum absolute atomic E-state index is 5.10. The Kier molecular flexibility index (Phi) is 2.60. The van der Waals surface area contributed by atoms with Crippen LogP contribution in [0.1, 0.15) is 6.92 Å². The second-order valence-electron chi connectivity index (χ2n) is 2.95. The molecule has 0 aliphatic heterocycles. The van der Waals surface area contributed by atoms with Crippen LogP contribution in [0.4, 0.5) is 5.69 Å². The molecule has 2 aromatic rings. The van der Waals surface area contributed by atoms with Crippen LogP contribution in [-0.4, -0.2) is 11.6 Å². The molecule has 1 N–H and O–H groups in total. The molecule has 0 fully saturated rings. The molecule has 0 saturated carbocycles. The Morgan fingerprint density at radius 2 is 2.29 bits per heavy atom. The normalized spacial score (nSPS) is 10.4. The predicted octanol–water partition coefficient (Wildman–Crippen LogP) is 2.60. The fourth-order valence-electron chi connectivity index (χ4n) is 1.29. The molecule has 3 heteroatoms. The van der Waals surface area contributed by atoms with Crippen molar-refractivity contribution in [1.82, 2.24) is 4.98 Å². The number of rotatable bonds is 3. The number of aromatic nitrogens is 1. The molecule has 1 aromatic heterocycles. The molecule has 14 heavy (non-hydrogen) atoms. The van der Waals surface area contributed by atoms with Crippen LogP contribution in [0.3, 0.4) is 0 Å². The quantitative estimate of drug-likeness (QED) is 0.752. The van der Waals surface area contributed by atoms with Crippen LogP contribution >= 0.6 is 0 Å². The molecule has 0 radical (unpaired) electrons. The number of hydrogen-bond acceptors (Lipinski definition) is 3. The number of nitrogens with one attached hydrogen (secondary N) is 1. The second-order valence-corrected chi connectivity index (χ2v) is 2.95. The molecular formula is C11H12N2O. The Hall–Kier alpha value is -1.61. The largest absolute Gasteiger partial charge is 0.276 e. The molecule has 0 spiro atoms. The molecule has 0 saturated heterocycles. The number of fused-ring (bicyclic) bond motifs is 1. The van der Waals surface area contributed by atoms with Crippen LogP contribution in [0.15, 0.2) is 36.5 Å². The summed E-state index contributed by atoms with van der Waals surface area (Å²) in [5, 5.41) is 1.11. The molecule has 0 aliphatic rings. The van der Waals surface area contributed by atoms with Crippen molar-refractivity contribution >= 4 is 16.6 Å². The third-order valence-corrected chi connectivity index (χ3v) is 1.94. The summed E-state index contributed by atoms with van der Waals surface area (Å²) in [5.41, 5.74) is 4.80. The van der Waals surface area contributed by atoms with Crippen molar-refractivity contribution < 1.29 is 4.84 Å². The average molecular weight is 188 g/mol. The molecule has 0 unspecified atom stereocenters. The monoisotopic (exact) mass is 188 g/mol. The number of nitrogens with zero attached hydrogens (tertiary/aromatic N) is 1. The molecule has 3 nitrogen and oxygen atoms in total. The summed E-state index contributed by atoms with van der Waals surface area (Å²) in [4.78, 5) is 9.33. The van der Waals surface area contributed by atoms with Crippen LogP contribution in [0.25, 0.3) is 10.9 Å². The number of anilines is 1. The van der Waals surface area contributed by atoms with Crippen LogP contribution in [0.2, 0.25) is 0 Å². The van der Waals surface area contributed by atoms with E-state index in [4.69, 9.17) is 4.84 Å². The summed E-state index contributed by atoms with van der Waals surface area (Å²) in [5.74, 6) is 0. The van der Waals surface area contributed by atoms with E-state index in [0.29, 0.717) is 6.61 Å². The summed E-state index contributed by atoms with van der Waals surface area (Å²) in [6.45, 7) is 2.58. The van der Waals surface area contributed by atoms with Gasteiger partial charge < -0.3 is 0 Å². The standard InChI is InChI=1S/C11H12N2O/c1-2-14-13-10-5-6-11-9(8-10)4-3-7-12-11/h3-8,13H,2H2,1H3. The SMILES string of the molecule is CCONc1ccc2ncccc2c1. The topological polar surface area (TPSA) is 34.1 Å². The van der Waals surface area contributed by atoms with Crippen LogP contribution in [0, 0.1) is 0 Å². The Bertz CT molecular complexity index is 428. The zero-order chi connectivity index (χ0) is 9.80. The van der Waals surface area contributed by atoms with E-state index in [9.17, 15) is 0 Å². The summed E-state index contributed by atoms with van der Waals surface area (Å²) in [6, 6.07) is 9.88. The summed E-state index contributed by atoms with van der Waals surface area (Å²) < 4.78 is 0. The van der Waals surface area contributed by atoms with Gasteiger partial charge in [0.15, 0.2) is 0 Å². The van der Waals surface area contributed by atoms with Gasteiger partial charge in [-0.2, -0.15) is 0 Å². The van der Waals surface area contributed by atoms with E-state index < -0.39 is 0 Å². The van der Waals surface area contributed by atoms with Gasteiger partial charge in [-0.25, -0.2) is 0 Å². The molecule has 2 rings (SSSR count). The lowest BCUT2D eigenvalue weighted by Gasteiger charge is -2.05. The Balaban J connectivity index is 2.32. The van der Waals surface area contributed by atoms with Crippen molar-refractivity contribution in [2.75, 3.05) is 12.1 Å². The van der Waals surface area contributed by atoms with Gasteiger partial charge in [-0.15, -0.1) is 0 Å². The molecular weight excluding hydrogens is 176 g/mol. The summed E-state index contributed by atoms with van der Waals surface area (Å²) >= 11 is 0. The van der Waals surface area contributed by atoms with E-state index in [0.717, 1.165) is 16.6 Å². The van der Waals surface area contributed by atoms with Crippen molar-refractivity contribution in [2.24, 2.45) is 0 Å². The van der Waals surface area contributed by atoms with Gasteiger partial charge in [-0.3, -0.25) is 15.3 Å². The minimum atomic E-state index is 0.644. The number of hydrogen-bond donors (Lipinski definition) is 1. The van der Waals surface area contributed by atoms with E-state index in [1.165, 1.54) is 0 Å². The first-order valence-corrected chi connectivity index (χ1v) is 4.63. The van der Waals surface area contributed by atoms with Crippen LogP contribution < -0.4 is 5.48 Å². The minimum Gasteiger partial charge on any atom is -0.276 e. The zero-order valence-electron chi connectivity index (χ0n) is 8.03. The van der Waals surface area contributed by atoms with Gasteiger partial charge in [0.05, 0.1) is 17.8 Å². The van der Waals surface area contributed by atoms with E-state index in [2.05, 4.69) is 10.5 Å². The highest BCUT2D eigenvalue weighted by molar-refractivity contribution is 5.81. The lowest BCUT2D eigenvalue weighted by molar-refractivity contribution is 0.210. The first kappa shape index (κ1) is 8.97. The van der Waals surface area contributed by atoms with Crippen LogP contribution in [0.5, 0.6) is 0 Å². The van der Waals surface area contributed by atoms with Crippen LogP contribution in [-0.2, 0) is 4.84 Å². The summed E-state index contributed by atoms with van der Waals surface area (Å²) in [6.07, 6.45) is 1.79. The fraction of sp³-hybridized carbons (Fsp3) is 0.182. The Morgan fingerprint density at radius 3 is 3.14 bits per heavy atom. The smallest absolute Gasteiger partial charge is 0.0717 e. The third kappa shape index (κ3) is 1.83. The first-order valence-electron chi connectivity index (χ1n) is 4.63. The van der Waals surface area contributed by atoms with Gasteiger partial charge in [0.25, 0.3) is 0 Å². The van der Waals surface area contributed by atoms with Gasteiger partial charge in [-0.05, 0) is 31.2 Å². The van der Waals surface area contributed by atoms with Crippen molar-refractivity contribution in [3.05, 3.63) is 36.5 Å². The van der Waals surface area contributed by atoms with E-state index in [1.54, 1.807) is 6.20 Å². The van der Waals surface area contributed by atoms with Gasteiger partial charge in [0.2, 0.25) is 0 Å². The average Bonchev–Trinajstić information content (AvgIpc) is 2.26. The second kappa shape index (κ2) is 4.07. The lowest BCUT2D eigenvalue weighted by Crippen LogP contribution is -1.99. The van der Waals surface area contributed by atoms with Gasteiger partial charge in [-0.1, -0.05) is 6.07 Å². The molecule has 0 amide bonds. The highest BCUT2D eigenvalue weighted by Gasteiger charge is 1.95. The van der Waals surface area contributed by atoms with Gasteiger partial charge in [0.1, 0.15) is 0 Å². The number of pyridine rings is 1. The van der Waals surface area contributed by atoms with E-state index in [1.807, 2.05) is 37.3 Å².